The van der Waals surface area contributed by atoms with Gasteiger partial charge in [0.2, 0.25) is 9.84 Å². The van der Waals surface area contributed by atoms with Crippen LogP contribution in [0.3, 0.4) is 0 Å². The van der Waals surface area contributed by atoms with E-state index in [1.807, 2.05) is 31.2 Å². The van der Waals surface area contributed by atoms with Crippen LogP contribution < -0.4 is 9.64 Å². The molecule has 0 atom stereocenters. The fourth-order valence-corrected chi connectivity index (χ4v) is 3.73. The molecule has 0 aliphatic carbocycles. The van der Waals surface area contributed by atoms with Gasteiger partial charge in [0, 0.05) is 11.9 Å². The highest BCUT2D eigenvalue weighted by molar-refractivity contribution is 7.95. The van der Waals surface area contributed by atoms with Gasteiger partial charge in [-0.05, 0) is 43.3 Å². The van der Waals surface area contributed by atoms with Gasteiger partial charge in [-0.2, -0.15) is 5.26 Å². The van der Waals surface area contributed by atoms with Crippen LogP contribution in [-0.2, 0) is 9.84 Å². The third kappa shape index (κ3) is 2.56. The third-order valence-electron chi connectivity index (χ3n) is 3.49. The van der Waals surface area contributed by atoms with Crippen molar-refractivity contribution in [2.45, 2.75) is 11.8 Å². The first-order valence-electron chi connectivity index (χ1n) is 7.06. The minimum Gasteiger partial charge on any atom is -0.494 e. The zero-order chi connectivity index (χ0) is 16.4. The molecular formula is C17H14N2O3S. The molecule has 6 heteroatoms. The molecule has 116 valence electrons. The molecule has 1 aliphatic rings. The van der Waals surface area contributed by atoms with Crippen LogP contribution in [0.15, 0.2) is 64.5 Å². The van der Waals surface area contributed by atoms with Crippen molar-refractivity contribution < 1.29 is 13.2 Å². The van der Waals surface area contributed by atoms with Gasteiger partial charge in [0.15, 0.2) is 4.91 Å². The van der Waals surface area contributed by atoms with Gasteiger partial charge in [0.25, 0.3) is 0 Å². The van der Waals surface area contributed by atoms with E-state index in [1.54, 1.807) is 29.2 Å². The number of fused-ring (bicyclic) bond motifs is 1. The Morgan fingerprint density at radius 2 is 1.83 bits per heavy atom. The monoisotopic (exact) mass is 326 g/mol. The van der Waals surface area contributed by atoms with E-state index in [2.05, 4.69) is 0 Å². The lowest BCUT2D eigenvalue weighted by atomic mass is 10.2. The van der Waals surface area contributed by atoms with Crippen LogP contribution in [0.4, 0.5) is 11.4 Å². The molecule has 0 saturated heterocycles. The second-order valence-electron chi connectivity index (χ2n) is 4.87. The average molecular weight is 326 g/mol. The van der Waals surface area contributed by atoms with Gasteiger partial charge in [-0.3, -0.25) is 0 Å². The molecule has 3 rings (SSSR count). The Hall–Kier alpha value is -2.78. The topological polar surface area (TPSA) is 70.4 Å². The van der Waals surface area contributed by atoms with Crippen LogP contribution in [-0.4, -0.2) is 15.0 Å². The van der Waals surface area contributed by atoms with Crippen molar-refractivity contribution >= 4 is 21.2 Å². The van der Waals surface area contributed by atoms with Crippen LogP contribution in [0.1, 0.15) is 6.92 Å². The Kier molecular flexibility index (Phi) is 3.80. The molecule has 0 unspecified atom stereocenters. The van der Waals surface area contributed by atoms with E-state index >= 15 is 0 Å². The zero-order valence-electron chi connectivity index (χ0n) is 12.4. The zero-order valence-corrected chi connectivity index (χ0v) is 13.2. The summed E-state index contributed by atoms with van der Waals surface area (Å²) in [6, 6.07) is 15.7. The molecule has 0 saturated carbocycles. The van der Waals surface area contributed by atoms with E-state index in [0.717, 1.165) is 11.4 Å². The Labute approximate surface area is 135 Å². The highest BCUT2D eigenvalue weighted by atomic mass is 32.2. The maximum Gasteiger partial charge on any atom is 0.220 e. The Bertz CT molecular complexity index is 910. The average Bonchev–Trinajstić information content (AvgIpc) is 2.56. The molecule has 0 amide bonds. The van der Waals surface area contributed by atoms with Crippen molar-refractivity contribution in [3.63, 3.8) is 0 Å². The quantitative estimate of drug-likeness (QED) is 0.865. The van der Waals surface area contributed by atoms with Gasteiger partial charge in [0.05, 0.1) is 17.2 Å². The highest BCUT2D eigenvalue weighted by Gasteiger charge is 2.31. The van der Waals surface area contributed by atoms with Gasteiger partial charge < -0.3 is 9.64 Å². The van der Waals surface area contributed by atoms with Crippen molar-refractivity contribution in [2.75, 3.05) is 11.5 Å². The summed E-state index contributed by atoms with van der Waals surface area (Å²) in [4.78, 5) is 1.56. The number of nitriles is 1. The van der Waals surface area contributed by atoms with Gasteiger partial charge >= 0.3 is 0 Å². The molecule has 0 spiro atoms. The molecule has 0 fully saturated rings. The number of hydrogen-bond donors (Lipinski definition) is 0. The van der Waals surface area contributed by atoms with Crippen molar-refractivity contribution in [1.82, 2.24) is 0 Å². The Balaban J connectivity index is 2.14. The summed E-state index contributed by atoms with van der Waals surface area (Å²) in [5.41, 5.74) is 1.28. The molecule has 0 radical (unpaired) electrons. The summed E-state index contributed by atoms with van der Waals surface area (Å²) in [6.45, 7) is 2.48. The standard InChI is InChI=1S/C17H14N2O3S/c1-2-22-14-9-7-13(8-10-14)19-12-15(11-18)23(20,21)17-6-4-3-5-16(17)19/h3-10,12H,2H2,1H3. The molecule has 2 aromatic carbocycles. The van der Waals surface area contributed by atoms with E-state index in [4.69, 9.17) is 4.74 Å². The Morgan fingerprint density at radius 1 is 1.13 bits per heavy atom. The van der Waals surface area contributed by atoms with E-state index in [1.165, 1.54) is 12.3 Å². The molecule has 1 aliphatic heterocycles. The number of para-hydroxylation sites is 1. The predicted molar refractivity (Wildman–Crippen MR) is 87.1 cm³/mol. The first kappa shape index (κ1) is 15.1. The first-order chi connectivity index (χ1) is 11.1. The van der Waals surface area contributed by atoms with Gasteiger partial charge in [-0.1, -0.05) is 12.1 Å². The summed E-state index contributed by atoms with van der Waals surface area (Å²) in [7, 11) is -3.76. The molecule has 5 nitrogen and oxygen atoms in total. The molecule has 0 aromatic heterocycles. The molecule has 23 heavy (non-hydrogen) atoms. The van der Waals surface area contributed by atoms with E-state index < -0.39 is 9.84 Å². The normalized spacial score (nSPS) is 15.3. The van der Waals surface area contributed by atoms with Crippen LogP contribution in [0.25, 0.3) is 0 Å². The maximum absolute atomic E-state index is 12.4. The van der Waals surface area contributed by atoms with Crippen LogP contribution >= 0.6 is 0 Å². The minimum atomic E-state index is -3.76. The van der Waals surface area contributed by atoms with E-state index in [9.17, 15) is 13.7 Å². The lowest BCUT2D eigenvalue weighted by Gasteiger charge is -2.27. The lowest BCUT2D eigenvalue weighted by Crippen LogP contribution is -2.21. The molecule has 0 bridgehead atoms. The first-order valence-corrected chi connectivity index (χ1v) is 8.54. The van der Waals surface area contributed by atoms with E-state index in [-0.39, 0.29) is 9.80 Å². The summed E-state index contributed by atoms with van der Waals surface area (Å²) >= 11 is 0. The predicted octanol–water partition coefficient (Wildman–Crippen LogP) is 3.38. The number of hydrogen-bond acceptors (Lipinski definition) is 5. The summed E-state index contributed by atoms with van der Waals surface area (Å²) in [5.74, 6) is 0.735. The van der Waals surface area contributed by atoms with Crippen molar-refractivity contribution in [2.24, 2.45) is 0 Å². The summed E-state index contributed by atoms with van der Waals surface area (Å²) < 4.78 is 30.2. The number of ether oxygens (including phenoxy) is 1. The van der Waals surface area contributed by atoms with Crippen LogP contribution in [0, 0.1) is 11.3 Å². The number of nitrogens with zero attached hydrogens (tertiary/aromatic N) is 2. The van der Waals surface area contributed by atoms with Crippen molar-refractivity contribution in [3.8, 4) is 11.8 Å². The van der Waals surface area contributed by atoms with Crippen LogP contribution in [0.5, 0.6) is 5.75 Å². The van der Waals surface area contributed by atoms with Gasteiger partial charge in [-0.15, -0.1) is 0 Å². The van der Waals surface area contributed by atoms with Crippen molar-refractivity contribution in [1.29, 1.82) is 5.26 Å². The maximum atomic E-state index is 12.4. The Morgan fingerprint density at radius 3 is 2.48 bits per heavy atom. The number of allylic oxidation sites excluding steroid dienone is 1. The lowest BCUT2D eigenvalue weighted by molar-refractivity contribution is 0.340. The number of sulfone groups is 1. The second kappa shape index (κ2) is 5.78. The number of rotatable bonds is 3. The van der Waals surface area contributed by atoms with Crippen molar-refractivity contribution in [3.05, 3.63) is 59.6 Å². The fraction of sp³-hybridized carbons (Fsp3) is 0.118. The third-order valence-corrected chi connectivity index (χ3v) is 5.19. The van der Waals surface area contributed by atoms with Gasteiger partial charge in [0.1, 0.15) is 11.8 Å². The largest absolute Gasteiger partial charge is 0.494 e. The SMILES string of the molecule is CCOc1ccc(N2C=C(C#N)S(=O)(=O)c3ccccc32)cc1. The van der Waals surface area contributed by atoms with Crippen LogP contribution in [0.2, 0.25) is 0 Å². The molecule has 0 N–H and O–H groups in total. The van der Waals surface area contributed by atoms with E-state index in [0.29, 0.717) is 12.3 Å². The van der Waals surface area contributed by atoms with Gasteiger partial charge in [-0.25, -0.2) is 8.42 Å². The fourth-order valence-electron chi connectivity index (χ4n) is 2.43. The number of benzene rings is 2. The summed E-state index contributed by atoms with van der Waals surface area (Å²) in [6.07, 6.45) is 1.35. The summed E-state index contributed by atoms with van der Waals surface area (Å²) in [5, 5.41) is 9.19. The second-order valence-corrected chi connectivity index (χ2v) is 6.76. The molecule has 2 aromatic rings. The molecule has 1 heterocycles. The molecular weight excluding hydrogens is 312 g/mol. The number of anilines is 2. The minimum absolute atomic E-state index is 0.132. The smallest absolute Gasteiger partial charge is 0.220 e. The highest BCUT2D eigenvalue weighted by Crippen LogP contribution is 2.39.